The fourth-order valence-corrected chi connectivity index (χ4v) is 2.64. The van der Waals surface area contributed by atoms with E-state index >= 15 is 0 Å². The van der Waals surface area contributed by atoms with Crippen molar-refractivity contribution < 1.29 is 19.7 Å². The van der Waals surface area contributed by atoms with Crippen molar-refractivity contribution in [3.63, 3.8) is 0 Å². The third kappa shape index (κ3) is 3.53. The second kappa shape index (κ2) is 7.29. The van der Waals surface area contributed by atoms with Gasteiger partial charge in [0.2, 0.25) is 0 Å². The minimum Gasteiger partial charge on any atom is -0.507 e. The number of fused-ring (bicyclic) bond motifs is 1. The number of aromatic amines is 1. The maximum atomic E-state index is 12.1. The smallest absolute Gasteiger partial charge is 0.342 e. The van der Waals surface area contributed by atoms with Crippen LogP contribution in [0, 0.1) is 11.3 Å². The van der Waals surface area contributed by atoms with Crippen LogP contribution in [0.5, 0.6) is 5.75 Å². The van der Waals surface area contributed by atoms with Gasteiger partial charge in [0.05, 0.1) is 11.0 Å². The van der Waals surface area contributed by atoms with E-state index in [4.69, 9.17) is 4.74 Å². The van der Waals surface area contributed by atoms with Gasteiger partial charge in [-0.05, 0) is 30.3 Å². The highest BCUT2D eigenvalue weighted by Gasteiger charge is 2.17. The predicted octanol–water partition coefficient (Wildman–Crippen LogP) is 3.68. The Balaban J connectivity index is 1.82. The number of nitrogens with one attached hydrogen (secondary N) is 1. The summed E-state index contributed by atoms with van der Waals surface area (Å²) in [5, 5.41) is 29.2. The monoisotopic (exact) mass is 413 g/mol. The highest BCUT2D eigenvalue weighted by atomic mass is 79.9. The van der Waals surface area contributed by atoms with Crippen LogP contribution in [0.15, 0.2) is 52.7 Å². The van der Waals surface area contributed by atoms with E-state index in [1.807, 2.05) is 12.1 Å². The van der Waals surface area contributed by atoms with Crippen molar-refractivity contribution in [1.82, 2.24) is 9.97 Å². The molecule has 3 N–H and O–H groups in total. The highest BCUT2D eigenvalue weighted by molar-refractivity contribution is 9.10. The van der Waals surface area contributed by atoms with Gasteiger partial charge in [-0.15, -0.1) is 0 Å². The van der Waals surface area contributed by atoms with Crippen LogP contribution in [0.25, 0.3) is 16.6 Å². The Morgan fingerprint density at radius 3 is 2.81 bits per heavy atom. The fraction of sp³-hybridized carbons (Fsp3) is 0.0556. The van der Waals surface area contributed by atoms with Gasteiger partial charge in [0.15, 0.2) is 11.6 Å². The number of aliphatic hydroxyl groups is 1. The molecule has 1 heterocycles. The van der Waals surface area contributed by atoms with Gasteiger partial charge in [0.25, 0.3) is 0 Å². The Morgan fingerprint density at radius 1 is 1.31 bits per heavy atom. The maximum absolute atomic E-state index is 12.1. The second-order valence-electron chi connectivity index (χ2n) is 5.27. The number of allylic oxidation sites excluding steroid dienone is 1. The van der Waals surface area contributed by atoms with Crippen LogP contribution in [0.1, 0.15) is 16.2 Å². The molecule has 0 radical (unpaired) electrons. The molecule has 0 aliphatic carbocycles. The number of imidazole rings is 1. The molecule has 0 aliphatic rings. The Bertz CT molecular complexity index is 1030. The number of H-pyrrole nitrogens is 1. The van der Waals surface area contributed by atoms with Gasteiger partial charge in [0, 0.05) is 4.47 Å². The van der Waals surface area contributed by atoms with E-state index in [2.05, 4.69) is 25.9 Å². The molecule has 2 aromatic carbocycles. The van der Waals surface area contributed by atoms with Crippen molar-refractivity contribution in [2.24, 2.45) is 0 Å². The van der Waals surface area contributed by atoms with E-state index in [0.717, 1.165) is 0 Å². The number of aromatic nitrogens is 2. The Kier molecular flexibility index (Phi) is 4.91. The standard InChI is InChI=1S/C18H12BrN3O4/c19-10-5-6-15(23)11(7-10)18(25)26-9-16(24)12(8-20)17-21-13-3-1-2-4-14(13)22-17/h1-7,23-24H,9H2,(H,21,22)/b16-12-. The zero-order valence-corrected chi connectivity index (χ0v) is 14.8. The number of aromatic hydroxyl groups is 1. The lowest BCUT2D eigenvalue weighted by Gasteiger charge is -2.07. The van der Waals surface area contributed by atoms with Gasteiger partial charge in [-0.2, -0.15) is 5.26 Å². The molecule has 7 nitrogen and oxygen atoms in total. The molecule has 3 rings (SSSR count). The summed E-state index contributed by atoms with van der Waals surface area (Å²) in [4.78, 5) is 19.2. The number of nitrogens with zero attached hydrogens (tertiary/aromatic N) is 2. The Labute approximate surface area is 156 Å². The van der Waals surface area contributed by atoms with E-state index in [0.29, 0.717) is 15.5 Å². The van der Waals surface area contributed by atoms with Gasteiger partial charge < -0.3 is 19.9 Å². The number of esters is 1. The van der Waals surface area contributed by atoms with Crippen molar-refractivity contribution in [2.75, 3.05) is 6.61 Å². The summed E-state index contributed by atoms with van der Waals surface area (Å²) in [6.45, 7) is -0.537. The molecule has 26 heavy (non-hydrogen) atoms. The van der Waals surface area contributed by atoms with Gasteiger partial charge in [-0.3, -0.25) is 0 Å². The number of carbonyl (C=O) groups excluding carboxylic acids is 1. The molecule has 0 fully saturated rings. The van der Waals surface area contributed by atoms with Crippen LogP contribution in [-0.2, 0) is 4.74 Å². The molecule has 130 valence electrons. The molecule has 0 aliphatic heterocycles. The van der Waals surface area contributed by atoms with Crippen molar-refractivity contribution in [1.29, 1.82) is 5.26 Å². The summed E-state index contributed by atoms with van der Waals surface area (Å²) in [5.74, 6) is -1.36. The number of hydrogen-bond acceptors (Lipinski definition) is 6. The third-order valence-corrected chi connectivity index (χ3v) is 4.04. The van der Waals surface area contributed by atoms with E-state index in [-0.39, 0.29) is 22.7 Å². The molecule has 0 saturated heterocycles. The average molecular weight is 414 g/mol. The van der Waals surface area contributed by atoms with Crippen molar-refractivity contribution in [2.45, 2.75) is 0 Å². The molecular weight excluding hydrogens is 402 g/mol. The van der Waals surface area contributed by atoms with Crippen LogP contribution >= 0.6 is 15.9 Å². The quantitative estimate of drug-likeness (QED) is 0.341. The number of phenolic OH excluding ortho intramolecular Hbond substituents is 1. The molecule has 0 atom stereocenters. The van der Waals surface area contributed by atoms with E-state index in [1.165, 1.54) is 12.1 Å². The molecule has 1 aromatic heterocycles. The highest BCUT2D eigenvalue weighted by Crippen LogP contribution is 2.23. The number of hydrogen-bond donors (Lipinski definition) is 3. The number of nitriles is 1. The van der Waals surface area contributed by atoms with Gasteiger partial charge in [0.1, 0.15) is 29.6 Å². The first-order chi connectivity index (χ1) is 12.5. The molecule has 0 bridgehead atoms. The lowest BCUT2D eigenvalue weighted by Crippen LogP contribution is -2.09. The molecule has 0 amide bonds. The minimum atomic E-state index is -0.836. The van der Waals surface area contributed by atoms with Crippen LogP contribution in [-0.4, -0.2) is 32.8 Å². The fourth-order valence-electron chi connectivity index (χ4n) is 2.28. The van der Waals surface area contributed by atoms with Gasteiger partial charge in [-0.25, -0.2) is 9.78 Å². The summed E-state index contributed by atoms with van der Waals surface area (Å²) in [6.07, 6.45) is 0. The number of halogens is 1. The average Bonchev–Trinajstić information content (AvgIpc) is 3.06. The number of ether oxygens (including phenoxy) is 1. The summed E-state index contributed by atoms with van der Waals surface area (Å²) < 4.78 is 5.57. The van der Waals surface area contributed by atoms with Crippen LogP contribution in [0.2, 0.25) is 0 Å². The maximum Gasteiger partial charge on any atom is 0.342 e. The topological polar surface area (TPSA) is 119 Å². The summed E-state index contributed by atoms with van der Waals surface area (Å²) >= 11 is 3.19. The first kappa shape index (κ1) is 17.5. The van der Waals surface area contributed by atoms with Gasteiger partial charge >= 0.3 is 5.97 Å². The molecule has 0 spiro atoms. The van der Waals surface area contributed by atoms with E-state index in [1.54, 1.807) is 24.3 Å². The minimum absolute atomic E-state index is 0.0607. The second-order valence-corrected chi connectivity index (χ2v) is 6.19. The van der Waals surface area contributed by atoms with Crippen LogP contribution < -0.4 is 0 Å². The van der Waals surface area contributed by atoms with E-state index in [9.17, 15) is 20.3 Å². The number of carbonyl (C=O) groups is 1. The van der Waals surface area contributed by atoms with Crippen molar-refractivity contribution in [3.05, 3.63) is 64.1 Å². The zero-order chi connectivity index (χ0) is 18.7. The van der Waals surface area contributed by atoms with E-state index < -0.39 is 18.3 Å². The number of rotatable bonds is 4. The summed E-state index contributed by atoms with van der Waals surface area (Å²) in [6, 6.07) is 13.3. The molecule has 3 aromatic rings. The SMILES string of the molecule is N#C/C(=C(/O)COC(=O)c1cc(Br)ccc1O)c1nc2ccccc2[nH]1. The predicted molar refractivity (Wildman–Crippen MR) is 97.3 cm³/mol. The zero-order valence-electron chi connectivity index (χ0n) is 13.2. The number of phenols is 1. The normalized spacial score (nSPS) is 11.7. The first-order valence-corrected chi connectivity index (χ1v) is 8.22. The number of benzene rings is 2. The third-order valence-electron chi connectivity index (χ3n) is 3.55. The summed E-state index contributed by atoms with van der Waals surface area (Å²) in [5.41, 5.74) is 1.15. The lowest BCUT2D eigenvalue weighted by molar-refractivity contribution is 0.0499. The van der Waals surface area contributed by atoms with Gasteiger partial charge in [-0.1, -0.05) is 28.1 Å². The molecule has 0 saturated carbocycles. The Morgan fingerprint density at radius 2 is 2.08 bits per heavy atom. The van der Waals surface area contributed by atoms with Crippen LogP contribution in [0.4, 0.5) is 0 Å². The first-order valence-electron chi connectivity index (χ1n) is 7.42. The van der Waals surface area contributed by atoms with Crippen LogP contribution in [0.3, 0.4) is 0 Å². The number of aliphatic hydroxyl groups excluding tert-OH is 1. The summed E-state index contributed by atoms with van der Waals surface area (Å²) in [7, 11) is 0. The molecule has 0 unspecified atom stereocenters. The number of para-hydroxylation sites is 2. The molecule has 8 heteroatoms. The van der Waals surface area contributed by atoms with Crippen molar-refractivity contribution in [3.8, 4) is 11.8 Å². The van der Waals surface area contributed by atoms with Crippen molar-refractivity contribution >= 4 is 38.5 Å². The molecular formula is C18H12BrN3O4. The lowest BCUT2D eigenvalue weighted by atomic mass is 10.2. The largest absolute Gasteiger partial charge is 0.507 e. The Hall–Kier alpha value is -3.31.